The van der Waals surface area contributed by atoms with E-state index in [4.69, 9.17) is 4.74 Å². The van der Waals surface area contributed by atoms with Crippen LogP contribution in [0.3, 0.4) is 0 Å². The molecule has 2 rings (SSSR count). The molecule has 25 heavy (non-hydrogen) atoms. The molecule has 0 heterocycles. The van der Waals surface area contributed by atoms with Gasteiger partial charge in [-0.05, 0) is 42.8 Å². The van der Waals surface area contributed by atoms with E-state index in [1.807, 2.05) is 0 Å². The van der Waals surface area contributed by atoms with Gasteiger partial charge in [0.15, 0.2) is 0 Å². The molecule has 1 N–H and O–H groups in total. The van der Waals surface area contributed by atoms with Crippen molar-refractivity contribution in [1.82, 2.24) is 5.32 Å². The molecule has 0 aliphatic carbocycles. The smallest absolute Gasteiger partial charge is 0.308 e. The van der Waals surface area contributed by atoms with Gasteiger partial charge in [0.2, 0.25) is 0 Å². The lowest BCUT2D eigenvalue weighted by Crippen LogP contribution is -2.24. The summed E-state index contributed by atoms with van der Waals surface area (Å²) in [6.07, 6.45) is 1.95. The van der Waals surface area contributed by atoms with Crippen molar-refractivity contribution in [3.8, 4) is 5.75 Å². The number of benzene rings is 2. The highest BCUT2D eigenvalue weighted by Gasteiger charge is 2.09. The molecular formula is C19H21N3O3. The average Bonchev–Trinajstić information content (AvgIpc) is 2.61. The van der Waals surface area contributed by atoms with Crippen LogP contribution in [0.15, 0.2) is 58.8 Å². The minimum absolute atomic E-state index is 0.159. The number of carbonyl (C=O) groups excluding carboxylic acids is 2. The molecule has 0 aromatic heterocycles. The van der Waals surface area contributed by atoms with Gasteiger partial charge in [0.1, 0.15) is 5.75 Å². The first-order chi connectivity index (χ1) is 12.1. The van der Waals surface area contributed by atoms with Gasteiger partial charge in [-0.2, -0.15) is 5.11 Å². The number of unbranched alkanes of at least 4 members (excludes halogenated alkanes) is 1. The molecule has 6 nitrogen and oxygen atoms in total. The summed E-state index contributed by atoms with van der Waals surface area (Å²) in [5.41, 5.74) is 1.58. The number of hydrogen-bond donors (Lipinski definition) is 1. The van der Waals surface area contributed by atoms with Crippen molar-refractivity contribution in [3.05, 3.63) is 54.1 Å². The number of hydrogen-bond acceptors (Lipinski definition) is 5. The molecule has 0 radical (unpaired) electrons. The van der Waals surface area contributed by atoms with E-state index in [9.17, 15) is 9.59 Å². The fourth-order valence-corrected chi connectivity index (χ4v) is 2.09. The molecule has 0 saturated carbocycles. The van der Waals surface area contributed by atoms with E-state index in [-0.39, 0.29) is 11.9 Å². The first-order valence-corrected chi connectivity index (χ1v) is 8.17. The van der Waals surface area contributed by atoms with Crippen molar-refractivity contribution < 1.29 is 14.3 Å². The van der Waals surface area contributed by atoms with E-state index in [0.29, 0.717) is 29.2 Å². The summed E-state index contributed by atoms with van der Waals surface area (Å²) in [5.74, 6) is -0.0900. The molecule has 0 aliphatic heterocycles. The first-order valence-electron chi connectivity index (χ1n) is 8.17. The molecule has 130 valence electrons. The van der Waals surface area contributed by atoms with Gasteiger partial charge in [0, 0.05) is 13.5 Å². The van der Waals surface area contributed by atoms with Crippen molar-refractivity contribution in [1.29, 1.82) is 0 Å². The monoisotopic (exact) mass is 339 g/mol. The minimum atomic E-state index is -0.377. The average molecular weight is 339 g/mol. The van der Waals surface area contributed by atoms with Crippen LogP contribution < -0.4 is 10.1 Å². The lowest BCUT2D eigenvalue weighted by Gasteiger charge is -2.06. The second-order valence-electron chi connectivity index (χ2n) is 5.41. The number of esters is 1. The summed E-state index contributed by atoms with van der Waals surface area (Å²) in [4.78, 5) is 23.1. The summed E-state index contributed by atoms with van der Waals surface area (Å²) >= 11 is 0. The van der Waals surface area contributed by atoms with Crippen LogP contribution in [0.4, 0.5) is 11.4 Å². The van der Waals surface area contributed by atoms with Crippen molar-refractivity contribution in [2.24, 2.45) is 10.2 Å². The summed E-state index contributed by atoms with van der Waals surface area (Å²) in [5, 5.41) is 11.2. The van der Waals surface area contributed by atoms with Crippen molar-refractivity contribution >= 4 is 23.3 Å². The Morgan fingerprint density at radius 1 is 1.04 bits per heavy atom. The predicted molar refractivity (Wildman–Crippen MR) is 95.6 cm³/mol. The van der Waals surface area contributed by atoms with Crippen LogP contribution in [-0.2, 0) is 4.79 Å². The van der Waals surface area contributed by atoms with Crippen molar-refractivity contribution in [2.45, 2.75) is 26.7 Å². The fourth-order valence-electron chi connectivity index (χ4n) is 2.09. The number of amides is 1. The van der Waals surface area contributed by atoms with Gasteiger partial charge in [-0.15, -0.1) is 5.11 Å². The molecular weight excluding hydrogens is 318 g/mol. The maximum atomic E-state index is 12.2. The SMILES string of the molecule is CCCCNC(=O)c1ccccc1/N=N/c1ccc(OC(C)=O)cc1. The normalized spacial score (nSPS) is 10.6. The Kier molecular flexibility index (Phi) is 6.83. The zero-order valence-electron chi connectivity index (χ0n) is 14.4. The largest absolute Gasteiger partial charge is 0.427 e. The van der Waals surface area contributed by atoms with Gasteiger partial charge >= 0.3 is 5.97 Å². The molecule has 0 spiro atoms. The summed E-state index contributed by atoms with van der Waals surface area (Å²) in [6, 6.07) is 13.7. The second kappa shape index (κ2) is 9.32. The quantitative estimate of drug-likeness (QED) is 0.347. The van der Waals surface area contributed by atoms with Crippen LogP contribution >= 0.6 is 0 Å². The van der Waals surface area contributed by atoms with Crippen LogP contribution in [-0.4, -0.2) is 18.4 Å². The highest BCUT2D eigenvalue weighted by atomic mass is 16.5. The van der Waals surface area contributed by atoms with E-state index in [2.05, 4.69) is 22.5 Å². The van der Waals surface area contributed by atoms with Crippen LogP contribution in [0.25, 0.3) is 0 Å². The molecule has 2 aromatic rings. The van der Waals surface area contributed by atoms with E-state index in [1.165, 1.54) is 6.92 Å². The lowest BCUT2D eigenvalue weighted by atomic mass is 10.1. The number of rotatable bonds is 7. The highest BCUT2D eigenvalue weighted by molar-refractivity contribution is 5.98. The highest BCUT2D eigenvalue weighted by Crippen LogP contribution is 2.24. The molecule has 0 bridgehead atoms. The first kappa shape index (κ1) is 18.3. The Hall–Kier alpha value is -3.02. The van der Waals surface area contributed by atoms with E-state index in [0.717, 1.165) is 12.8 Å². The third-order valence-corrected chi connectivity index (χ3v) is 3.34. The van der Waals surface area contributed by atoms with E-state index < -0.39 is 0 Å². The maximum Gasteiger partial charge on any atom is 0.308 e. The molecule has 0 aliphatic rings. The second-order valence-corrected chi connectivity index (χ2v) is 5.41. The minimum Gasteiger partial charge on any atom is -0.427 e. The van der Waals surface area contributed by atoms with Gasteiger partial charge in [0.05, 0.1) is 16.9 Å². The third-order valence-electron chi connectivity index (χ3n) is 3.34. The molecule has 6 heteroatoms. The fraction of sp³-hybridized carbons (Fsp3) is 0.263. The summed E-state index contributed by atoms with van der Waals surface area (Å²) < 4.78 is 4.97. The summed E-state index contributed by atoms with van der Waals surface area (Å²) in [7, 11) is 0. The lowest BCUT2D eigenvalue weighted by molar-refractivity contribution is -0.131. The van der Waals surface area contributed by atoms with Crippen molar-refractivity contribution in [3.63, 3.8) is 0 Å². The zero-order valence-corrected chi connectivity index (χ0v) is 14.4. The van der Waals surface area contributed by atoms with Crippen LogP contribution in [0, 0.1) is 0 Å². The maximum absolute atomic E-state index is 12.2. The molecule has 0 saturated heterocycles. The Morgan fingerprint density at radius 3 is 2.44 bits per heavy atom. The van der Waals surface area contributed by atoms with Gasteiger partial charge in [-0.25, -0.2) is 0 Å². The van der Waals surface area contributed by atoms with Gasteiger partial charge in [-0.1, -0.05) is 25.5 Å². The van der Waals surface area contributed by atoms with Gasteiger partial charge in [0.25, 0.3) is 5.91 Å². The predicted octanol–water partition coefficient (Wildman–Crippen LogP) is 4.56. The summed E-state index contributed by atoms with van der Waals surface area (Å²) in [6.45, 7) is 4.05. The number of nitrogens with one attached hydrogen (secondary N) is 1. The Bertz CT molecular complexity index is 755. The van der Waals surface area contributed by atoms with Gasteiger partial charge in [-0.3, -0.25) is 9.59 Å². The van der Waals surface area contributed by atoms with E-state index >= 15 is 0 Å². The Morgan fingerprint density at radius 2 is 1.76 bits per heavy atom. The standard InChI is InChI=1S/C19H21N3O3/c1-3-4-13-20-19(24)17-7-5-6-8-18(17)22-21-15-9-11-16(12-10-15)25-14(2)23/h5-12H,3-4,13H2,1-2H3,(H,20,24)/b22-21+. The molecule has 0 unspecified atom stereocenters. The zero-order chi connectivity index (χ0) is 18.1. The van der Waals surface area contributed by atoms with E-state index in [1.54, 1.807) is 48.5 Å². The van der Waals surface area contributed by atoms with Crippen molar-refractivity contribution in [2.75, 3.05) is 6.54 Å². The van der Waals surface area contributed by atoms with Crippen LogP contribution in [0.2, 0.25) is 0 Å². The topological polar surface area (TPSA) is 80.1 Å². The number of nitrogens with zero attached hydrogens (tertiary/aromatic N) is 2. The molecule has 0 atom stereocenters. The Balaban J connectivity index is 2.10. The molecule has 2 aromatic carbocycles. The molecule has 1 amide bonds. The number of carbonyl (C=O) groups is 2. The van der Waals surface area contributed by atoms with Crippen LogP contribution in [0.5, 0.6) is 5.75 Å². The Labute approximate surface area is 146 Å². The number of ether oxygens (including phenoxy) is 1. The third kappa shape index (κ3) is 5.84. The number of azo groups is 1. The van der Waals surface area contributed by atoms with Gasteiger partial charge < -0.3 is 10.1 Å². The van der Waals surface area contributed by atoms with Crippen LogP contribution in [0.1, 0.15) is 37.0 Å². The molecule has 0 fully saturated rings.